The van der Waals surface area contributed by atoms with Crippen molar-refractivity contribution in [1.82, 2.24) is 4.90 Å². The molecular formula is C16H18FNO2. The predicted octanol–water partition coefficient (Wildman–Crippen LogP) is 3.37. The van der Waals surface area contributed by atoms with Gasteiger partial charge in [0.1, 0.15) is 5.82 Å². The second kappa shape index (κ2) is 6.48. The van der Waals surface area contributed by atoms with Crippen molar-refractivity contribution in [1.29, 1.82) is 0 Å². The molecule has 0 bridgehead atoms. The maximum atomic E-state index is 13.6. The highest BCUT2D eigenvalue weighted by Gasteiger charge is 2.19. The van der Waals surface area contributed by atoms with Crippen LogP contribution in [0.15, 0.2) is 47.3 Å². The van der Waals surface area contributed by atoms with E-state index < -0.39 is 5.82 Å². The summed E-state index contributed by atoms with van der Waals surface area (Å²) in [6, 6.07) is 8.00. The first-order chi connectivity index (χ1) is 9.58. The van der Waals surface area contributed by atoms with Crippen LogP contribution in [0.4, 0.5) is 4.39 Å². The monoisotopic (exact) mass is 275 g/mol. The Morgan fingerprint density at radius 1 is 1.35 bits per heavy atom. The van der Waals surface area contributed by atoms with E-state index in [9.17, 15) is 9.18 Å². The zero-order chi connectivity index (χ0) is 14.5. The van der Waals surface area contributed by atoms with E-state index in [0.717, 1.165) is 5.56 Å². The second-order valence-corrected chi connectivity index (χ2v) is 5.07. The Labute approximate surface area is 118 Å². The van der Waals surface area contributed by atoms with Crippen molar-refractivity contribution >= 4 is 5.78 Å². The molecule has 1 unspecified atom stereocenters. The highest BCUT2D eigenvalue weighted by Crippen LogP contribution is 2.14. The Morgan fingerprint density at radius 2 is 2.10 bits per heavy atom. The fraction of sp³-hybridized carbons (Fsp3) is 0.312. The highest BCUT2D eigenvalue weighted by molar-refractivity contribution is 5.98. The number of nitrogens with zero attached hydrogens (tertiary/aromatic N) is 1. The first-order valence-corrected chi connectivity index (χ1v) is 6.56. The second-order valence-electron chi connectivity index (χ2n) is 5.07. The number of rotatable bonds is 6. The number of hydrogen-bond acceptors (Lipinski definition) is 3. The van der Waals surface area contributed by atoms with Gasteiger partial charge < -0.3 is 9.32 Å². The van der Waals surface area contributed by atoms with Crippen molar-refractivity contribution in [3.05, 3.63) is 59.8 Å². The number of carbonyl (C=O) groups excluding carboxylic acids is 1. The summed E-state index contributed by atoms with van der Waals surface area (Å²) in [6.45, 7) is 3.09. The smallest absolute Gasteiger partial charge is 0.169 e. The molecule has 1 aromatic heterocycles. The molecule has 4 heteroatoms. The number of benzene rings is 1. The molecule has 1 heterocycles. The molecule has 2 aromatic rings. The van der Waals surface area contributed by atoms with Crippen molar-refractivity contribution in [3.8, 4) is 0 Å². The lowest BCUT2D eigenvalue weighted by atomic mass is 9.98. The van der Waals surface area contributed by atoms with Crippen LogP contribution < -0.4 is 0 Å². The summed E-state index contributed by atoms with van der Waals surface area (Å²) >= 11 is 0. The summed E-state index contributed by atoms with van der Waals surface area (Å²) in [5.74, 6) is -0.882. The van der Waals surface area contributed by atoms with Gasteiger partial charge >= 0.3 is 0 Å². The van der Waals surface area contributed by atoms with Gasteiger partial charge in [-0.2, -0.15) is 0 Å². The van der Waals surface area contributed by atoms with E-state index in [4.69, 9.17) is 4.42 Å². The van der Waals surface area contributed by atoms with Crippen LogP contribution in [-0.4, -0.2) is 24.3 Å². The van der Waals surface area contributed by atoms with Crippen molar-refractivity contribution < 1.29 is 13.6 Å². The number of Topliss-reactive ketones (excluding diaryl/α,β-unsaturated/α-hetero) is 1. The van der Waals surface area contributed by atoms with Gasteiger partial charge in [0.2, 0.25) is 0 Å². The molecule has 0 aliphatic carbocycles. The van der Waals surface area contributed by atoms with E-state index in [-0.39, 0.29) is 17.3 Å². The maximum Gasteiger partial charge on any atom is 0.169 e. The molecule has 0 spiro atoms. The molecule has 0 fully saturated rings. The third kappa shape index (κ3) is 3.54. The van der Waals surface area contributed by atoms with Crippen LogP contribution in [0.1, 0.15) is 22.8 Å². The topological polar surface area (TPSA) is 33.5 Å². The largest absolute Gasteiger partial charge is 0.472 e. The molecule has 2 rings (SSSR count). The lowest BCUT2D eigenvalue weighted by molar-refractivity contribution is 0.0897. The molecule has 0 aliphatic rings. The quantitative estimate of drug-likeness (QED) is 0.758. The van der Waals surface area contributed by atoms with Gasteiger partial charge in [-0.1, -0.05) is 19.1 Å². The summed E-state index contributed by atoms with van der Waals surface area (Å²) in [5, 5.41) is 0. The molecule has 0 amide bonds. The molecule has 0 saturated carbocycles. The Morgan fingerprint density at radius 3 is 2.75 bits per heavy atom. The van der Waals surface area contributed by atoms with Crippen LogP contribution in [0, 0.1) is 11.7 Å². The Kier molecular flexibility index (Phi) is 4.69. The summed E-state index contributed by atoms with van der Waals surface area (Å²) < 4.78 is 18.6. The maximum absolute atomic E-state index is 13.6. The minimum Gasteiger partial charge on any atom is -0.472 e. The minimum absolute atomic E-state index is 0.164. The van der Waals surface area contributed by atoms with Crippen molar-refractivity contribution in [2.75, 3.05) is 13.6 Å². The molecule has 0 aliphatic heterocycles. The van der Waals surface area contributed by atoms with Crippen LogP contribution in [0.2, 0.25) is 0 Å². The number of halogens is 1. The van der Waals surface area contributed by atoms with E-state index >= 15 is 0 Å². The standard InChI is InChI=1S/C16H18FNO2/c1-12(9-18(2)10-13-7-8-20-11-13)16(19)14-5-3-4-6-15(14)17/h3-8,11-12H,9-10H2,1-2H3. The highest BCUT2D eigenvalue weighted by atomic mass is 19.1. The molecule has 0 N–H and O–H groups in total. The van der Waals surface area contributed by atoms with Crippen LogP contribution >= 0.6 is 0 Å². The minimum atomic E-state index is -0.457. The first kappa shape index (κ1) is 14.5. The van der Waals surface area contributed by atoms with Crippen LogP contribution in [0.25, 0.3) is 0 Å². The molecule has 1 aromatic carbocycles. The van der Waals surface area contributed by atoms with Crippen LogP contribution in [-0.2, 0) is 6.54 Å². The van der Waals surface area contributed by atoms with E-state index in [2.05, 4.69) is 0 Å². The fourth-order valence-corrected chi connectivity index (χ4v) is 2.24. The Bertz CT molecular complexity index is 566. The van der Waals surface area contributed by atoms with E-state index in [0.29, 0.717) is 13.1 Å². The Hall–Kier alpha value is -1.94. The molecule has 1 atom stereocenters. The molecule has 106 valence electrons. The lowest BCUT2D eigenvalue weighted by Crippen LogP contribution is -2.28. The molecule has 20 heavy (non-hydrogen) atoms. The Balaban J connectivity index is 1.96. The SMILES string of the molecule is CC(CN(C)Cc1ccoc1)C(=O)c1ccccc1F. The van der Waals surface area contributed by atoms with Gasteiger partial charge in [0, 0.05) is 24.6 Å². The average molecular weight is 275 g/mol. The summed E-state index contributed by atoms with van der Waals surface area (Å²) in [6.07, 6.45) is 3.30. The van der Waals surface area contributed by atoms with E-state index in [1.807, 2.05) is 24.9 Å². The fourth-order valence-electron chi connectivity index (χ4n) is 2.24. The summed E-state index contributed by atoms with van der Waals surface area (Å²) in [5.41, 5.74) is 1.22. The average Bonchev–Trinajstić information content (AvgIpc) is 2.91. The van der Waals surface area contributed by atoms with Crippen LogP contribution in [0.5, 0.6) is 0 Å². The summed E-state index contributed by atoms with van der Waals surface area (Å²) in [4.78, 5) is 14.2. The lowest BCUT2D eigenvalue weighted by Gasteiger charge is -2.20. The van der Waals surface area contributed by atoms with Gasteiger partial charge in [0.05, 0.1) is 18.1 Å². The van der Waals surface area contributed by atoms with E-state index in [1.54, 1.807) is 24.7 Å². The van der Waals surface area contributed by atoms with Gasteiger partial charge in [0.15, 0.2) is 5.78 Å². The van der Waals surface area contributed by atoms with Gasteiger partial charge in [0.25, 0.3) is 0 Å². The summed E-state index contributed by atoms with van der Waals surface area (Å²) in [7, 11) is 1.93. The van der Waals surface area contributed by atoms with Gasteiger partial charge in [-0.3, -0.25) is 4.79 Å². The molecule has 3 nitrogen and oxygen atoms in total. The van der Waals surface area contributed by atoms with Crippen molar-refractivity contribution in [2.45, 2.75) is 13.5 Å². The van der Waals surface area contributed by atoms with Gasteiger partial charge in [-0.25, -0.2) is 4.39 Å². The van der Waals surface area contributed by atoms with Crippen molar-refractivity contribution in [3.63, 3.8) is 0 Å². The van der Waals surface area contributed by atoms with Gasteiger partial charge in [-0.05, 0) is 25.2 Å². The normalized spacial score (nSPS) is 12.6. The number of hydrogen-bond donors (Lipinski definition) is 0. The van der Waals surface area contributed by atoms with Gasteiger partial charge in [-0.15, -0.1) is 0 Å². The predicted molar refractivity (Wildman–Crippen MR) is 74.9 cm³/mol. The number of furan rings is 1. The molecule has 0 saturated heterocycles. The first-order valence-electron chi connectivity index (χ1n) is 6.56. The molecular weight excluding hydrogens is 257 g/mol. The van der Waals surface area contributed by atoms with Crippen molar-refractivity contribution in [2.24, 2.45) is 5.92 Å². The number of carbonyl (C=O) groups is 1. The third-order valence-corrected chi connectivity index (χ3v) is 3.21. The van der Waals surface area contributed by atoms with Crippen LogP contribution in [0.3, 0.4) is 0 Å². The zero-order valence-corrected chi connectivity index (χ0v) is 11.7. The molecule has 0 radical (unpaired) electrons. The third-order valence-electron chi connectivity index (χ3n) is 3.21. The zero-order valence-electron chi connectivity index (χ0n) is 11.7. The van der Waals surface area contributed by atoms with E-state index in [1.165, 1.54) is 12.1 Å². The number of ketones is 1.